The molecule has 126 valence electrons. The summed E-state index contributed by atoms with van der Waals surface area (Å²) in [4.78, 5) is 14.3. The van der Waals surface area contributed by atoms with Crippen molar-refractivity contribution in [1.82, 2.24) is 0 Å². The summed E-state index contributed by atoms with van der Waals surface area (Å²) in [6.07, 6.45) is 0.836. The Hall–Kier alpha value is -2.13. The van der Waals surface area contributed by atoms with Crippen LogP contribution in [-0.2, 0) is 10.3 Å². The second-order valence-electron chi connectivity index (χ2n) is 7.07. The van der Waals surface area contributed by atoms with Gasteiger partial charge in [0.25, 0.3) is 0 Å². The number of nitrogens with one attached hydrogen (secondary N) is 1. The SMILES string of the molecule is C[C@@H]1C[C@@](OC(=O)c2ccccc2)(c2ccccc2)[C@H](C)C[NH+]1C. The number of benzene rings is 2. The standard InChI is InChI=1S/C21H25NO2/c1-16-15-22(3)17(2)14-21(16,19-12-8-5-9-13-19)24-20(23)18-10-6-4-7-11-18/h4-13,16-17H,14-15H2,1-3H3/p+1/t16-,17-,21+/m1/s1. The van der Waals surface area contributed by atoms with Crippen LogP contribution in [0.2, 0.25) is 0 Å². The summed E-state index contributed by atoms with van der Waals surface area (Å²) in [6.45, 7) is 5.41. The van der Waals surface area contributed by atoms with Crippen molar-refractivity contribution < 1.29 is 14.4 Å². The Bertz CT molecular complexity index is 685. The number of rotatable bonds is 3. The third-order valence-corrected chi connectivity index (χ3v) is 5.42. The molecule has 1 fully saturated rings. The minimum atomic E-state index is -0.562. The van der Waals surface area contributed by atoms with Crippen molar-refractivity contribution in [3.05, 3.63) is 71.8 Å². The Morgan fingerprint density at radius 1 is 1.04 bits per heavy atom. The first kappa shape index (κ1) is 16.7. The summed E-state index contributed by atoms with van der Waals surface area (Å²) >= 11 is 0. The maximum absolute atomic E-state index is 12.8. The maximum Gasteiger partial charge on any atom is 0.339 e. The fraction of sp³-hybridized carbons (Fsp3) is 0.381. The fourth-order valence-electron chi connectivity index (χ4n) is 3.80. The third kappa shape index (κ3) is 3.09. The highest BCUT2D eigenvalue weighted by atomic mass is 16.6. The van der Waals surface area contributed by atoms with Crippen molar-refractivity contribution in [1.29, 1.82) is 0 Å². The molecule has 1 aliphatic rings. The van der Waals surface area contributed by atoms with Crippen LogP contribution in [0.15, 0.2) is 60.7 Å². The Labute approximate surface area is 144 Å². The average Bonchev–Trinajstić information content (AvgIpc) is 2.61. The van der Waals surface area contributed by atoms with Crippen LogP contribution in [0.25, 0.3) is 0 Å². The van der Waals surface area contributed by atoms with Crippen LogP contribution >= 0.6 is 0 Å². The predicted molar refractivity (Wildman–Crippen MR) is 95.0 cm³/mol. The molecule has 0 aliphatic carbocycles. The quantitative estimate of drug-likeness (QED) is 0.880. The number of ether oxygens (including phenoxy) is 1. The Morgan fingerprint density at radius 3 is 2.25 bits per heavy atom. The van der Waals surface area contributed by atoms with Crippen LogP contribution in [0.3, 0.4) is 0 Å². The minimum Gasteiger partial charge on any atom is -0.450 e. The third-order valence-electron chi connectivity index (χ3n) is 5.42. The normalized spacial score (nSPS) is 29.9. The molecule has 2 aromatic carbocycles. The van der Waals surface area contributed by atoms with E-state index in [-0.39, 0.29) is 11.9 Å². The largest absolute Gasteiger partial charge is 0.450 e. The maximum atomic E-state index is 12.8. The topological polar surface area (TPSA) is 30.7 Å². The van der Waals surface area contributed by atoms with E-state index in [9.17, 15) is 4.79 Å². The molecule has 24 heavy (non-hydrogen) atoms. The van der Waals surface area contributed by atoms with Gasteiger partial charge in [0.2, 0.25) is 0 Å². The van der Waals surface area contributed by atoms with Gasteiger partial charge in [0.15, 0.2) is 5.60 Å². The number of carbonyl (C=O) groups excluding carboxylic acids is 1. The van der Waals surface area contributed by atoms with E-state index in [1.165, 1.54) is 4.90 Å². The molecule has 1 heterocycles. The molecule has 0 saturated carbocycles. The van der Waals surface area contributed by atoms with E-state index in [0.717, 1.165) is 18.5 Å². The molecule has 2 aromatic rings. The molecule has 1 saturated heterocycles. The molecule has 0 bridgehead atoms. The first-order chi connectivity index (χ1) is 11.5. The van der Waals surface area contributed by atoms with Gasteiger partial charge in [-0.05, 0) is 24.6 Å². The van der Waals surface area contributed by atoms with Crippen molar-refractivity contribution in [2.24, 2.45) is 5.92 Å². The Balaban J connectivity index is 1.98. The van der Waals surface area contributed by atoms with Crippen LogP contribution < -0.4 is 4.90 Å². The van der Waals surface area contributed by atoms with E-state index >= 15 is 0 Å². The van der Waals surface area contributed by atoms with Crippen molar-refractivity contribution in [2.75, 3.05) is 13.6 Å². The molecule has 1 aliphatic heterocycles. The summed E-state index contributed by atoms with van der Waals surface area (Å²) < 4.78 is 6.23. The zero-order chi connectivity index (χ0) is 17.2. The number of hydrogen-bond donors (Lipinski definition) is 1. The molecule has 1 N–H and O–H groups in total. The molecule has 3 heteroatoms. The summed E-state index contributed by atoms with van der Waals surface area (Å²) in [6, 6.07) is 19.9. The van der Waals surface area contributed by atoms with Gasteiger partial charge < -0.3 is 9.64 Å². The highest BCUT2D eigenvalue weighted by Crippen LogP contribution is 2.40. The van der Waals surface area contributed by atoms with E-state index in [0.29, 0.717) is 11.6 Å². The number of hydrogen-bond acceptors (Lipinski definition) is 2. The monoisotopic (exact) mass is 324 g/mol. The van der Waals surface area contributed by atoms with E-state index in [4.69, 9.17) is 4.74 Å². The van der Waals surface area contributed by atoms with Gasteiger partial charge in [-0.15, -0.1) is 0 Å². The van der Waals surface area contributed by atoms with Gasteiger partial charge in [-0.1, -0.05) is 55.5 Å². The zero-order valence-electron chi connectivity index (χ0n) is 14.7. The lowest BCUT2D eigenvalue weighted by Crippen LogP contribution is -3.15. The lowest BCUT2D eigenvalue weighted by Gasteiger charge is -2.46. The minimum absolute atomic E-state index is 0.238. The van der Waals surface area contributed by atoms with Gasteiger partial charge in [-0.3, -0.25) is 0 Å². The molecule has 4 atom stereocenters. The van der Waals surface area contributed by atoms with Crippen LogP contribution in [-0.4, -0.2) is 25.6 Å². The first-order valence-corrected chi connectivity index (χ1v) is 8.69. The molecular formula is C21H26NO2+. The van der Waals surface area contributed by atoms with Gasteiger partial charge >= 0.3 is 5.97 Å². The fourth-order valence-corrected chi connectivity index (χ4v) is 3.80. The molecule has 0 spiro atoms. The number of piperidine rings is 1. The van der Waals surface area contributed by atoms with Gasteiger partial charge in [-0.25, -0.2) is 4.79 Å². The molecule has 0 aromatic heterocycles. The highest BCUT2D eigenvalue weighted by molar-refractivity contribution is 5.89. The van der Waals surface area contributed by atoms with Crippen molar-refractivity contribution >= 4 is 5.97 Å². The average molecular weight is 324 g/mol. The predicted octanol–water partition coefficient (Wildman–Crippen LogP) is 2.68. The van der Waals surface area contributed by atoms with Gasteiger partial charge in [0.05, 0.1) is 25.2 Å². The van der Waals surface area contributed by atoms with Crippen molar-refractivity contribution in [2.45, 2.75) is 31.9 Å². The summed E-state index contributed by atoms with van der Waals surface area (Å²) in [5, 5.41) is 0. The van der Waals surface area contributed by atoms with Gasteiger partial charge in [-0.2, -0.15) is 0 Å². The van der Waals surface area contributed by atoms with Gasteiger partial charge in [0.1, 0.15) is 0 Å². The highest BCUT2D eigenvalue weighted by Gasteiger charge is 2.49. The first-order valence-electron chi connectivity index (χ1n) is 8.69. The second-order valence-corrected chi connectivity index (χ2v) is 7.07. The molecular weight excluding hydrogens is 298 g/mol. The Morgan fingerprint density at radius 2 is 1.62 bits per heavy atom. The van der Waals surface area contributed by atoms with Crippen molar-refractivity contribution in [3.8, 4) is 0 Å². The second kappa shape index (κ2) is 6.78. The van der Waals surface area contributed by atoms with Crippen LogP contribution in [0.4, 0.5) is 0 Å². The zero-order valence-corrected chi connectivity index (χ0v) is 14.7. The molecule has 3 nitrogen and oxygen atoms in total. The summed E-state index contributed by atoms with van der Waals surface area (Å²) in [7, 11) is 2.22. The lowest BCUT2D eigenvalue weighted by molar-refractivity contribution is -0.916. The van der Waals surface area contributed by atoms with Gasteiger partial charge in [0, 0.05) is 12.3 Å². The van der Waals surface area contributed by atoms with E-state index in [2.05, 4.69) is 33.0 Å². The smallest absolute Gasteiger partial charge is 0.339 e. The van der Waals surface area contributed by atoms with E-state index in [1.807, 2.05) is 48.5 Å². The lowest BCUT2D eigenvalue weighted by atomic mass is 9.74. The molecule has 3 rings (SSSR count). The molecule has 0 amide bonds. The number of likely N-dealkylation sites (tertiary alicyclic amines) is 1. The van der Waals surface area contributed by atoms with Crippen LogP contribution in [0.5, 0.6) is 0 Å². The number of carbonyl (C=O) groups is 1. The number of esters is 1. The summed E-state index contributed by atoms with van der Waals surface area (Å²) in [5.74, 6) is 0.0156. The van der Waals surface area contributed by atoms with E-state index in [1.54, 1.807) is 0 Å². The molecule has 0 radical (unpaired) electrons. The van der Waals surface area contributed by atoms with Crippen molar-refractivity contribution in [3.63, 3.8) is 0 Å². The van der Waals surface area contributed by atoms with E-state index < -0.39 is 5.60 Å². The summed E-state index contributed by atoms with van der Waals surface area (Å²) in [5.41, 5.74) is 1.15. The van der Waals surface area contributed by atoms with Crippen LogP contribution in [0.1, 0.15) is 36.2 Å². The molecule has 1 unspecified atom stereocenters. The Kier molecular flexibility index (Phi) is 4.72. The van der Waals surface area contributed by atoms with Crippen LogP contribution in [0, 0.1) is 5.92 Å². The number of quaternary nitrogens is 1.